The van der Waals surface area contributed by atoms with Crippen molar-refractivity contribution in [3.63, 3.8) is 0 Å². The monoisotopic (exact) mass is 957 g/mol. The molecule has 0 rings (SSSR count). The van der Waals surface area contributed by atoms with Gasteiger partial charge in [-0.15, -0.1) is 0 Å². The summed E-state index contributed by atoms with van der Waals surface area (Å²) in [5.41, 5.74) is 0. The van der Waals surface area contributed by atoms with E-state index in [-0.39, 0.29) is 31.1 Å². The quantitative estimate of drug-likeness (QED) is 0.0262. The molecule has 68 heavy (non-hydrogen) atoms. The largest absolute Gasteiger partial charge is 0.462 e. The molecule has 0 aliphatic rings. The van der Waals surface area contributed by atoms with Crippen LogP contribution in [0.25, 0.3) is 0 Å². The molecule has 400 valence electrons. The number of allylic oxidation sites excluding steroid dienone is 4. The number of hydrogen-bond acceptors (Lipinski definition) is 6. The van der Waals surface area contributed by atoms with Crippen molar-refractivity contribution in [1.82, 2.24) is 0 Å². The van der Waals surface area contributed by atoms with Gasteiger partial charge < -0.3 is 14.2 Å². The Balaban J connectivity index is 3.87. The van der Waals surface area contributed by atoms with E-state index in [9.17, 15) is 14.4 Å². The lowest BCUT2D eigenvalue weighted by molar-refractivity contribution is -0.167. The maximum absolute atomic E-state index is 12.7. The van der Waals surface area contributed by atoms with E-state index < -0.39 is 6.10 Å². The van der Waals surface area contributed by atoms with Gasteiger partial charge in [-0.25, -0.2) is 0 Å². The Labute approximate surface area is 423 Å². The van der Waals surface area contributed by atoms with Gasteiger partial charge in [0.1, 0.15) is 13.2 Å². The highest BCUT2D eigenvalue weighted by Crippen LogP contribution is 2.17. The first-order chi connectivity index (χ1) is 33.5. The Kier molecular flexibility index (Phi) is 55.7. The number of hydrogen-bond donors (Lipinski definition) is 0. The van der Waals surface area contributed by atoms with Gasteiger partial charge in [-0.3, -0.25) is 14.4 Å². The molecule has 0 saturated carbocycles. The summed E-state index contributed by atoms with van der Waals surface area (Å²) in [5, 5.41) is 0. The highest BCUT2D eigenvalue weighted by molar-refractivity contribution is 5.71. The van der Waals surface area contributed by atoms with Crippen molar-refractivity contribution in [2.45, 2.75) is 341 Å². The fourth-order valence-electron chi connectivity index (χ4n) is 9.12. The minimum Gasteiger partial charge on any atom is -0.462 e. The number of rotatable bonds is 56. The van der Waals surface area contributed by atoms with Gasteiger partial charge in [0.25, 0.3) is 0 Å². The second kappa shape index (κ2) is 57.5. The van der Waals surface area contributed by atoms with Gasteiger partial charge in [-0.1, -0.05) is 289 Å². The van der Waals surface area contributed by atoms with Crippen molar-refractivity contribution in [3.05, 3.63) is 24.3 Å². The molecule has 0 heterocycles. The van der Waals surface area contributed by atoms with E-state index in [0.717, 1.165) is 64.2 Å². The Morgan fingerprint density at radius 2 is 0.529 bits per heavy atom. The smallest absolute Gasteiger partial charge is 0.306 e. The van der Waals surface area contributed by atoms with E-state index in [1.54, 1.807) is 0 Å². The molecule has 0 aromatic rings. The van der Waals surface area contributed by atoms with Crippen LogP contribution in [0.2, 0.25) is 0 Å². The molecule has 0 radical (unpaired) electrons. The van der Waals surface area contributed by atoms with Crippen LogP contribution in [-0.4, -0.2) is 37.2 Å². The molecule has 0 saturated heterocycles. The van der Waals surface area contributed by atoms with E-state index in [4.69, 9.17) is 14.2 Å². The summed E-state index contributed by atoms with van der Waals surface area (Å²) < 4.78 is 16.8. The molecule has 0 aliphatic carbocycles. The minimum atomic E-state index is -0.761. The first-order valence-corrected chi connectivity index (χ1v) is 30.3. The topological polar surface area (TPSA) is 78.9 Å². The summed E-state index contributed by atoms with van der Waals surface area (Å²) in [7, 11) is 0. The van der Waals surface area contributed by atoms with Gasteiger partial charge in [0, 0.05) is 19.3 Å². The van der Waals surface area contributed by atoms with Crippen molar-refractivity contribution >= 4 is 17.9 Å². The summed E-state index contributed by atoms with van der Waals surface area (Å²) >= 11 is 0. The van der Waals surface area contributed by atoms with Crippen molar-refractivity contribution in [2.75, 3.05) is 13.2 Å². The summed E-state index contributed by atoms with van der Waals surface area (Å²) in [6.07, 6.45) is 68.0. The van der Waals surface area contributed by atoms with Crippen molar-refractivity contribution in [3.8, 4) is 0 Å². The molecule has 0 amide bonds. The molecular weight excluding hydrogens is 841 g/mol. The van der Waals surface area contributed by atoms with Gasteiger partial charge >= 0.3 is 17.9 Å². The van der Waals surface area contributed by atoms with Crippen molar-refractivity contribution in [1.29, 1.82) is 0 Å². The van der Waals surface area contributed by atoms with Gasteiger partial charge in [0.05, 0.1) is 0 Å². The lowest BCUT2D eigenvalue weighted by Crippen LogP contribution is -2.30. The molecule has 0 aromatic heterocycles. The molecule has 0 fully saturated rings. The van der Waals surface area contributed by atoms with E-state index >= 15 is 0 Å². The van der Waals surface area contributed by atoms with Gasteiger partial charge in [-0.05, 0) is 51.4 Å². The molecule has 1 unspecified atom stereocenters. The minimum absolute atomic E-state index is 0.0649. The first kappa shape index (κ1) is 65.9. The van der Waals surface area contributed by atoms with Crippen molar-refractivity contribution in [2.24, 2.45) is 0 Å². The lowest BCUT2D eigenvalue weighted by atomic mass is 10.0. The predicted octanol–water partition coefficient (Wildman–Crippen LogP) is 20.3. The Bertz CT molecular complexity index is 1100. The number of esters is 3. The number of carbonyl (C=O) groups excluding carboxylic acids is 3. The number of unbranched alkanes of at least 4 members (excludes halogenated alkanes) is 41. The summed E-state index contributed by atoms with van der Waals surface area (Å²) in [6.45, 7) is 6.62. The van der Waals surface area contributed by atoms with E-state index in [0.29, 0.717) is 19.3 Å². The third-order valence-electron chi connectivity index (χ3n) is 13.7. The average molecular weight is 958 g/mol. The molecule has 0 aromatic carbocycles. The second-order valence-electron chi connectivity index (χ2n) is 20.6. The first-order valence-electron chi connectivity index (χ1n) is 30.3. The van der Waals surface area contributed by atoms with Crippen LogP contribution >= 0.6 is 0 Å². The molecule has 0 aliphatic heterocycles. The third-order valence-corrected chi connectivity index (χ3v) is 13.7. The zero-order valence-electron chi connectivity index (χ0n) is 45.9. The summed E-state index contributed by atoms with van der Waals surface area (Å²) in [6, 6.07) is 0. The fraction of sp³-hybridized carbons (Fsp3) is 0.887. The SMILES string of the molecule is CCCCCCC/C=C\C/C=C\CCCCCCCCCCCCCCCCCCCCCCCC(=O)OCC(COC(=O)CCCCCCCCCC)OC(=O)CCCCCCCCCCC. The normalized spacial score (nSPS) is 12.1. The Morgan fingerprint density at radius 3 is 0.809 bits per heavy atom. The standard InChI is InChI=1S/C62H116O6/c1-4-7-10-13-16-19-20-21-22-23-24-25-26-27-28-29-30-31-32-33-34-35-36-37-38-39-40-41-42-44-46-49-52-55-61(64)67-58-59(57-66-60(63)54-51-48-45-18-15-12-9-6-3)68-62(65)56-53-50-47-43-17-14-11-8-5-2/h20-21,23-24,59H,4-19,22,25-58H2,1-3H3/b21-20-,24-23-. The maximum Gasteiger partial charge on any atom is 0.306 e. The highest BCUT2D eigenvalue weighted by Gasteiger charge is 2.19. The average Bonchev–Trinajstić information content (AvgIpc) is 3.34. The van der Waals surface area contributed by atoms with Crippen LogP contribution in [0.3, 0.4) is 0 Å². The van der Waals surface area contributed by atoms with E-state index in [1.165, 1.54) is 231 Å². The highest BCUT2D eigenvalue weighted by atomic mass is 16.6. The predicted molar refractivity (Wildman–Crippen MR) is 293 cm³/mol. The Morgan fingerprint density at radius 1 is 0.294 bits per heavy atom. The van der Waals surface area contributed by atoms with Crippen LogP contribution in [0.4, 0.5) is 0 Å². The van der Waals surface area contributed by atoms with Gasteiger partial charge in [0.2, 0.25) is 0 Å². The van der Waals surface area contributed by atoms with Crippen LogP contribution in [0.15, 0.2) is 24.3 Å². The molecule has 0 spiro atoms. The fourth-order valence-corrected chi connectivity index (χ4v) is 9.12. The van der Waals surface area contributed by atoms with Crippen LogP contribution < -0.4 is 0 Å². The van der Waals surface area contributed by atoms with Crippen LogP contribution in [0.1, 0.15) is 335 Å². The van der Waals surface area contributed by atoms with Crippen LogP contribution in [-0.2, 0) is 28.6 Å². The summed E-state index contributed by atoms with van der Waals surface area (Å²) in [5.74, 6) is -0.854. The molecule has 6 nitrogen and oxygen atoms in total. The number of ether oxygens (including phenoxy) is 3. The number of carbonyl (C=O) groups is 3. The zero-order chi connectivity index (χ0) is 49.3. The van der Waals surface area contributed by atoms with Crippen molar-refractivity contribution < 1.29 is 28.6 Å². The Hall–Kier alpha value is -2.11. The van der Waals surface area contributed by atoms with E-state index in [2.05, 4.69) is 45.1 Å². The third kappa shape index (κ3) is 54.8. The molecule has 0 bridgehead atoms. The molecule has 1 atom stereocenters. The second-order valence-corrected chi connectivity index (χ2v) is 20.6. The van der Waals surface area contributed by atoms with Crippen LogP contribution in [0.5, 0.6) is 0 Å². The zero-order valence-corrected chi connectivity index (χ0v) is 45.9. The molecule has 6 heteroatoms. The lowest BCUT2D eigenvalue weighted by Gasteiger charge is -2.18. The van der Waals surface area contributed by atoms with Crippen LogP contribution in [0, 0.1) is 0 Å². The summed E-state index contributed by atoms with van der Waals surface area (Å²) in [4.78, 5) is 37.8. The molecular formula is C62H116O6. The van der Waals surface area contributed by atoms with Gasteiger partial charge in [-0.2, -0.15) is 0 Å². The van der Waals surface area contributed by atoms with E-state index in [1.807, 2.05) is 0 Å². The maximum atomic E-state index is 12.7. The van der Waals surface area contributed by atoms with Gasteiger partial charge in [0.15, 0.2) is 6.10 Å². The molecule has 0 N–H and O–H groups in total.